The van der Waals surface area contributed by atoms with E-state index in [4.69, 9.17) is 18.9 Å². The molecule has 0 saturated carbocycles. The molecule has 0 unspecified atom stereocenters. The molecule has 0 amide bonds. The highest BCUT2D eigenvalue weighted by Crippen LogP contribution is 2.46. The fourth-order valence-corrected chi connectivity index (χ4v) is 3.29. The summed E-state index contributed by atoms with van der Waals surface area (Å²) in [6.07, 6.45) is -0.938. The Morgan fingerprint density at radius 2 is 1.66 bits per heavy atom. The maximum Gasteiger partial charge on any atom is 0.198 e. The Bertz CT molecular complexity index is 999. The highest BCUT2D eigenvalue weighted by atomic mass is 16.6. The number of hydrogen-bond acceptors (Lipinski definition) is 5. The third kappa shape index (κ3) is 4.10. The first-order valence-electron chi connectivity index (χ1n) is 9.38. The summed E-state index contributed by atoms with van der Waals surface area (Å²) in [5.74, 6) is 1.80. The van der Waals surface area contributed by atoms with E-state index in [1.165, 1.54) is 0 Å². The number of hydrogen-bond donors (Lipinski definition) is 0. The lowest BCUT2D eigenvalue weighted by Gasteiger charge is -2.11. The van der Waals surface area contributed by atoms with Crippen molar-refractivity contribution in [2.24, 2.45) is 0 Å². The van der Waals surface area contributed by atoms with Crippen LogP contribution < -0.4 is 14.2 Å². The molecule has 0 bridgehead atoms. The summed E-state index contributed by atoms with van der Waals surface area (Å²) in [4.78, 5) is 13.1. The molecular weight excluding hydrogens is 368 g/mol. The van der Waals surface area contributed by atoms with Crippen LogP contribution in [0.3, 0.4) is 0 Å². The Labute approximate surface area is 169 Å². The largest absolute Gasteiger partial charge is 0.497 e. The second-order valence-corrected chi connectivity index (χ2v) is 6.72. The van der Waals surface area contributed by atoms with E-state index in [9.17, 15) is 4.79 Å². The molecule has 0 aliphatic carbocycles. The smallest absolute Gasteiger partial charge is 0.198 e. The molecule has 1 aliphatic heterocycles. The third-order valence-corrected chi connectivity index (χ3v) is 4.88. The van der Waals surface area contributed by atoms with Gasteiger partial charge in [0.1, 0.15) is 30.0 Å². The van der Waals surface area contributed by atoms with Gasteiger partial charge in [0.15, 0.2) is 11.9 Å². The van der Waals surface area contributed by atoms with Crippen LogP contribution in [-0.2, 0) is 11.3 Å². The zero-order valence-corrected chi connectivity index (χ0v) is 16.3. The molecule has 0 radical (unpaired) electrons. The SMILES string of the molecule is COc1ccc(OC)c([C@H]2O[C@@H]2C(=O)c2ccccc2OCc2ccccc2)c1. The second-order valence-electron chi connectivity index (χ2n) is 6.72. The van der Waals surface area contributed by atoms with Crippen LogP contribution in [0.25, 0.3) is 0 Å². The number of carbonyl (C=O) groups excluding carboxylic acids is 1. The predicted molar refractivity (Wildman–Crippen MR) is 109 cm³/mol. The van der Waals surface area contributed by atoms with Gasteiger partial charge in [0.2, 0.25) is 0 Å². The molecule has 3 aromatic rings. The summed E-state index contributed by atoms with van der Waals surface area (Å²) in [7, 11) is 3.19. The number of Topliss-reactive ketones (excluding diaryl/α,β-unsaturated/α-hetero) is 1. The maximum atomic E-state index is 13.1. The molecule has 2 atom stereocenters. The van der Waals surface area contributed by atoms with Gasteiger partial charge in [-0.05, 0) is 35.9 Å². The summed E-state index contributed by atoms with van der Waals surface area (Å²) < 4.78 is 22.4. The van der Waals surface area contributed by atoms with E-state index >= 15 is 0 Å². The number of carbonyl (C=O) groups is 1. The van der Waals surface area contributed by atoms with Crippen LogP contribution in [0.1, 0.15) is 27.6 Å². The van der Waals surface area contributed by atoms with E-state index in [1.54, 1.807) is 26.4 Å². The Kier molecular flexibility index (Phi) is 5.49. The Morgan fingerprint density at radius 3 is 2.41 bits per heavy atom. The molecule has 1 heterocycles. The number of ether oxygens (including phenoxy) is 4. The average Bonchev–Trinajstić information content (AvgIpc) is 3.58. The van der Waals surface area contributed by atoms with E-state index in [2.05, 4.69) is 0 Å². The van der Waals surface area contributed by atoms with Crippen LogP contribution >= 0.6 is 0 Å². The molecule has 0 N–H and O–H groups in total. The van der Waals surface area contributed by atoms with Gasteiger partial charge in [0, 0.05) is 5.56 Å². The van der Waals surface area contributed by atoms with Gasteiger partial charge >= 0.3 is 0 Å². The molecule has 1 fully saturated rings. The van der Waals surface area contributed by atoms with Crippen molar-refractivity contribution in [3.63, 3.8) is 0 Å². The topological polar surface area (TPSA) is 57.3 Å². The number of ketones is 1. The molecule has 1 saturated heterocycles. The zero-order valence-electron chi connectivity index (χ0n) is 16.3. The highest BCUT2D eigenvalue weighted by Gasteiger charge is 2.48. The quantitative estimate of drug-likeness (QED) is 0.415. The van der Waals surface area contributed by atoms with Crippen LogP contribution in [0.2, 0.25) is 0 Å². The predicted octanol–water partition coefficient (Wildman–Crippen LogP) is 4.61. The number of methoxy groups -OCH3 is 2. The van der Waals surface area contributed by atoms with Crippen molar-refractivity contribution in [1.29, 1.82) is 0 Å². The number of epoxide rings is 1. The summed E-state index contributed by atoms with van der Waals surface area (Å²) >= 11 is 0. The van der Waals surface area contributed by atoms with Crippen molar-refractivity contribution < 1.29 is 23.7 Å². The minimum absolute atomic E-state index is 0.108. The van der Waals surface area contributed by atoms with Crippen LogP contribution in [0.4, 0.5) is 0 Å². The number of benzene rings is 3. The molecule has 0 spiro atoms. The Morgan fingerprint density at radius 1 is 0.897 bits per heavy atom. The van der Waals surface area contributed by atoms with Gasteiger partial charge in [-0.1, -0.05) is 42.5 Å². The first-order valence-corrected chi connectivity index (χ1v) is 9.38. The van der Waals surface area contributed by atoms with Crippen molar-refractivity contribution >= 4 is 5.78 Å². The van der Waals surface area contributed by atoms with Crippen molar-refractivity contribution in [3.05, 3.63) is 89.5 Å². The average molecular weight is 390 g/mol. The molecule has 29 heavy (non-hydrogen) atoms. The molecular formula is C24H22O5. The van der Waals surface area contributed by atoms with Crippen LogP contribution in [-0.4, -0.2) is 26.1 Å². The third-order valence-electron chi connectivity index (χ3n) is 4.88. The second kappa shape index (κ2) is 8.37. The van der Waals surface area contributed by atoms with E-state index in [0.29, 0.717) is 29.4 Å². The fourth-order valence-electron chi connectivity index (χ4n) is 3.29. The van der Waals surface area contributed by atoms with Crippen molar-refractivity contribution in [2.75, 3.05) is 14.2 Å². The lowest BCUT2D eigenvalue weighted by molar-refractivity contribution is 0.0949. The lowest BCUT2D eigenvalue weighted by atomic mass is 10.0. The van der Waals surface area contributed by atoms with E-state index < -0.39 is 6.10 Å². The Hall–Kier alpha value is -3.31. The van der Waals surface area contributed by atoms with Crippen molar-refractivity contribution in [1.82, 2.24) is 0 Å². The van der Waals surface area contributed by atoms with Gasteiger partial charge in [0.25, 0.3) is 0 Å². The van der Waals surface area contributed by atoms with Gasteiger partial charge in [-0.25, -0.2) is 0 Å². The normalized spacial score (nSPS) is 17.4. The first kappa shape index (κ1) is 19.0. The van der Waals surface area contributed by atoms with Gasteiger partial charge in [-0.3, -0.25) is 4.79 Å². The molecule has 5 nitrogen and oxygen atoms in total. The van der Waals surface area contributed by atoms with Crippen molar-refractivity contribution in [3.8, 4) is 17.2 Å². The van der Waals surface area contributed by atoms with Crippen LogP contribution in [0, 0.1) is 0 Å². The molecule has 148 valence electrons. The van der Waals surface area contributed by atoms with Gasteiger partial charge in [-0.2, -0.15) is 0 Å². The number of rotatable bonds is 8. The summed E-state index contributed by atoms with van der Waals surface area (Å²) in [5.41, 5.74) is 2.35. The molecule has 3 aromatic carbocycles. The first-order chi connectivity index (χ1) is 14.2. The maximum absolute atomic E-state index is 13.1. The summed E-state index contributed by atoms with van der Waals surface area (Å²) in [5, 5.41) is 0. The monoisotopic (exact) mass is 390 g/mol. The molecule has 0 aromatic heterocycles. The van der Waals surface area contributed by atoms with Crippen molar-refractivity contribution in [2.45, 2.75) is 18.8 Å². The lowest BCUT2D eigenvalue weighted by Crippen LogP contribution is -2.11. The fraction of sp³-hybridized carbons (Fsp3) is 0.208. The van der Waals surface area contributed by atoms with E-state index in [1.807, 2.05) is 60.7 Å². The zero-order chi connectivity index (χ0) is 20.2. The summed E-state index contributed by atoms with van der Waals surface area (Å²) in [6, 6.07) is 22.6. The van der Waals surface area contributed by atoms with Gasteiger partial charge in [-0.15, -0.1) is 0 Å². The molecule has 1 aliphatic rings. The highest BCUT2D eigenvalue weighted by molar-refractivity contribution is 6.03. The standard InChI is InChI=1S/C24H22O5/c1-26-17-12-13-20(27-2)19(14-17)23-24(29-23)22(25)18-10-6-7-11-21(18)28-15-16-8-4-3-5-9-16/h3-14,23-24H,15H2,1-2H3/t23-,24-/m1/s1. The minimum Gasteiger partial charge on any atom is -0.497 e. The van der Waals surface area contributed by atoms with Crippen LogP contribution in [0.15, 0.2) is 72.8 Å². The van der Waals surface area contributed by atoms with Gasteiger partial charge < -0.3 is 18.9 Å². The van der Waals surface area contributed by atoms with Gasteiger partial charge in [0.05, 0.1) is 19.8 Å². The van der Waals surface area contributed by atoms with E-state index in [0.717, 1.165) is 11.1 Å². The molecule has 4 rings (SSSR count). The van der Waals surface area contributed by atoms with Crippen LogP contribution in [0.5, 0.6) is 17.2 Å². The summed E-state index contributed by atoms with van der Waals surface area (Å²) in [6.45, 7) is 0.393. The Balaban J connectivity index is 1.52. The minimum atomic E-state index is -0.572. The van der Waals surface area contributed by atoms with E-state index in [-0.39, 0.29) is 11.9 Å². The number of para-hydroxylation sites is 1. The molecule has 5 heteroatoms.